The van der Waals surface area contributed by atoms with E-state index < -0.39 is 0 Å². The molecular formula is C14H16N2O2. The second-order valence-electron chi connectivity index (χ2n) is 4.43. The molecule has 1 unspecified atom stereocenters. The molecule has 1 N–H and O–H groups in total. The first kappa shape index (κ1) is 11.4. The van der Waals surface area contributed by atoms with Crippen LogP contribution in [-0.4, -0.2) is 18.3 Å². The van der Waals surface area contributed by atoms with Crippen molar-refractivity contribution in [2.45, 2.75) is 19.1 Å². The number of nitrogens with zero attached hydrogens (tertiary/aromatic N) is 1. The Balaban J connectivity index is 1.60. The molecule has 0 saturated carbocycles. The molecule has 0 spiro atoms. The van der Waals surface area contributed by atoms with E-state index in [1.54, 1.807) is 6.26 Å². The van der Waals surface area contributed by atoms with E-state index in [-0.39, 0.29) is 6.10 Å². The van der Waals surface area contributed by atoms with Crippen LogP contribution in [0.1, 0.15) is 22.9 Å². The highest BCUT2D eigenvalue weighted by molar-refractivity contribution is 5.31. The molecule has 0 radical (unpaired) electrons. The Morgan fingerprint density at radius 1 is 1.28 bits per heavy atom. The summed E-state index contributed by atoms with van der Waals surface area (Å²) in [7, 11) is 0. The summed E-state index contributed by atoms with van der Waals surface area (Å²) < 4.78 is 10.6. The van der Waals surface area contributed by atoms with Gasteiger partial charge >= 0.3 is 0 Å². The van der Waals surface area contributed by atoms with E-state index in [2.05, 4.69) is 34.7 Å². The zero-order valence-electron chi connectivity index (χ0n) is 10.1. The highest BCUT2D eigenvalue weighted by atomic mass is 16.5. The van der Waals surface area contributed by atoms with Gasteiger partial charge in [0.1, 0.15) is 6.26 Å². The van der Waals surface area contributed by atoms with Crippen molar-refractivity contribution >= 4 is 0 Å². The SMILES string of the molecule is c1ccc2c(c1)CCOC2CNCc1ccon1. The van der Waals surface area contributed by atoms with Crippen LogP contribution in [-0.2, 0) is 17.7 Å². The summed E-state index contributed by atoms with van der Waals surface area (Å²) in [5, 5.41) is 7.22. The number of rotatable bonds is 4. The zero-order valence-corrected chi connectivity index (χ0v) is 10.1. The van der Waals surface area contributed by atoms with Gasteiger partial charge in [0, 0.05) is 19.2 Å². The molecule has 94 valence electrons. The number of aromatic nitrogens is 1. The lowest BCUT2D eigenvalue weighted by Crippen LogP contribution is -2.27. The Hall–Kier alpha value is -1.65. The van der Waals surface area contributed by atoms with Crippen LogP contribution in [0.5, 0.6) is 0 Å². The second-order valence-corrected chi connectivity index (χ2v) is 4.43. The number of hydrogen-bond acceptors (Lipinski definition) is 4. The van der Waals surface area contributed by atoms with Gasteiger partial charge in [-0.25, -0.2) is 0 Å². The minimum Gasteiger partial charge on any atom is -0.372 e. The van der Waals surface area contributed by atoms with Crippen LogP contribution >= 0.6 is 0 Å². The third-order valence-electron chi connectivity index (χ3n) is 3.22. The number of hydrogen-bond donors (Lipinski definition) is 1. The van der Waals surface area contributed by atoms with Crippen molar-refractivity contribution < 1.29 is 9.26 Å². The zero-order chi connectivity index (χ0) is 12.2. The molecule has 1 atom stereocenters. The lowest BCUT2D eigenvalue weighted by molar-refractivity contribution is 0.0422. The molecule has 0 bridgehead atoms. The maximum Gasteiger partial charge on any atom is 0.124 e. The summed E-state index contributed by atoms with van der Waals surface area (Å²) in [5.41, 5.74) is 3.62. The van der Waals surface area contributed by atoms with Gasteiger partial charge < -0.3 is 14.6 Å². The van der Waals surface area contributed by atoms with Crippen LogP contribution in [0.3, 0.4) is 0 Å². The molecule has 2 heterocycles. The van der Waals surface area contributed by atoms with Gasteiger partial charge in [-0.05, 0) is 17.5 Å². The van der Waals surface area contributed by atoms with E-state index in [9.17, 15) is 0 Å². The van der Waals surface area contributed by atoms with E-state index in [1.165, 1.54) is 11.1 Å². The van der Waals surface area contributed by atoms with Gasteiger partial charge in [-0.2, -0.15) is 0 Å². The molecular weight excluding hydrogens is 228 g/mol. The molecule has 0 amide bonds. The monoisotopic (exact) mass is 244 g/mol. The summed E-state index contributed by atoms with van der Waals surface area (Å²) in [6.45, 7) is 2.30. The number of ether oxygens (including phenoxy) is 1. The van der Waals surface area contributed by atoms with Crippen LogP contribution in [0.2, 0.25) is 0 Å². The Labute approximate surface area is 106 Å². The normalized spacial score (nSPS) is 18.6. The molecule has 4 heteroatoms. The maximum absolute atomic E-state index is 5.82. The van der Waals surface area contributed by atoms with Crippen molar-refractivity contribution in [2.75, 3.05) is 13.2 Å². The summed E-state index contributed by atoms with van der Waals surface area (Å²) >= 11 is 0. The van der Waals surface area contributed by atoms with Gasteiger partial charge in [-0.1, -0.05) is 29.4 Å². The van der Waals surface area contributed by atoms with Crippen molar-refractivity contribution in [3.63, 3.8) is 0 Å². The van der Waals surface area contributed by atoms with Crippen LogP contribution in [0, 0.1) is 0 Å². The second kappa shape index (κ2) is 5.33. The van der Waals surface area contributed by atoms with Gasteiger partial charge in [-0.15, -0.1) is 0 Å². The maximum atomic E-state index is 5.82. The Bertz CT molecular complexity index is 496. The minimum atomic E-state index is 0.141. The van der Waals surface area contributed by atoms with Crippen molar-refractivity contribution in [3.05, 3.63) is 53.4 Å². The number of nitrogens with one attached hydrogen (secondary N) is 1. The van der Waals surface area contributed by atoms with Crippen molar-refractivity contribution in [1.29, 1.82) is 0 Å². The van der Waals surface area contributed by atoms with Crippen molar-refractivity contribution in [1.82, 2.24) is 10.5 Å². The fourth-order valence-electron chi connectivity index (χ4n) is 2.31. The lowest BCUT2D eigenvalue weighted by Gasteiger charge is -2.26. The predicted molar refractivity (Wildman–Crippen MR) is 67.0 cm³/mol. The number of fused-ring (bicyclic) bond motifs is 1. The van der Waals surface area contributed by atoms with E-state index in [1.807, 2.05) is 6.07 Å². The molecule has 1 aliphatic rings. The molecule has 0 fully saturated rings. The summed E-state index contributed by atoms with van der Waals surface area (Å²) in [6.07, 6.45) is 2.74. The lowest BCUT2D eigenvalue weighted by atomic mass is 9.97. The Morgan fingerprint density at radius 3 is 3.11 bits per heavy atom. The van der Waals surface area contributed by atoms with Gasteiger partial charge in [0.2, 0.25) is 0 Å². The average molecular weight is 244 g/mol. The first-order valence-electron chi connectivity index (χ1n) is 6.23. The molecule has 0 saturated heterocycles. The van der Waals surface area contributed by atoms with Gasteiger partial charge in [0.05, 0.1) is 18.4 Å². The van der Waals surface area contributed by atoms with Gasteiger partial charge in [0.25, 0.3) is 0 Å². The predicted octanol–water partition coefficient (Wildman–Crippen LogP) is 2.08. The van der Waals surface area contributed by atoms with Crippen LogP contribution in [0.25, 0.3) is 0 Å². The largest absolute Gasteiger partial charge is 0.372 e. The Kier molecular flexibility index (Phi) is 3.39. The first-order chi connectivity index (χ1) is 8.93. The van der Waals surface area contributed by atoms with Gasteiger partial charge in [-0.3, -0.25) is 0 Å². The topological polar surface area (TPSA) is 47.3 Å². The van der Waals surface area contributed by atoms with Crippen LogP contribution < -0.4 is 5.32 Å². The highest BCUT2D eigenvalue weighted by Crippen LogP contribution is 2.26. The quantitative estimate of drug-likeness (QED) is 0.894. The average Bonchev–Trinajstić information content (AvgIpc) is 2.92. The molecule has 3 rings (SSSR count). The van der Waals surface area contributed by atoms with Crippen LogP contribution in [0.15, 0.2) is 41.1 Å². The van der Waals surface area contributed by atoms with Crippen molar-refractivity contribution in [3.8, 4) is 0 Å². The molecule has 4 nitrogen and oxygen atoms in total. The molecule has 2 aromatic rings. The molecule has 1 aliphatic heterocycles. The molecule has 0 aliphatic carbocycles. The Morgan fingerprint density at radius 2 is 2.22 bits per heavy atom. The van der Waals surface area contributed by atoms with E-state index in [0.29, 0.717) is 6.54 Å². The fraction of sp³-hybridized carbons (Fsp3) is 0.357. The fourth-order valence-corrected chi connectivity index (χ4v) is 2.31. The summed E-state index contributed by atoms with van der Waals surface area (Å²) in [5.74, 6) is 0. The summed E-state index contributed by atoms with van der Waals surface area (Å²) in [6, 6.07) is 10.4. The summed E-state index contributed by atoms with van der Waals surface area (Å²) in [4.78, 5) is 0. The van der Waals surface area contributed by atoms with Crippen LogP contribution in [0.4, 0.5) is 0 Å². The van der Waals surface area contributed by atoms with Crippen molar-refractivity contribution in [2.24, 2.45) is 0 Å². The third kappa shape index (κ3) is 2.44. The van der Waals surface area contributed by atoms with E-state index in [0.717, 1.165) is 25.3 Å². The minimum absolute atomic E-state index is 0.141. The number of benzene rings is 1. The first-order valence-corrected chi connectivity index (χ1v) is 6.23. The smallest absolute Gasteiger partial charge is 0.124 e. The highest BCUT2D eigenvalue weighted by Gasteiger charge is 2.19. The molecule has 1 aromatic carbocycles. The molecule has 18 heavy (non-hydrogen) atoms. The van der Waals surface area contributed by atoms with E-state index in [4.69, 9.17) is 9.26 Å². The third-order valence-corrected chi connectivity index (χ3v) is 3.22. The van der Waals surface area contributed by atoms with E-state index >= 15 is 0 Å². The van der Waals surface area contributed by atoms with Gasteiger partial charge in [0.15, 0.2) is 0 Å². The molecule has 1 aromatic heterocycles. The standard InChI is InChI=1S/C14H16N2O2/c1-2-4-13-11(3-1)5-7-17-14(13)10-15-9-12-6-8-18-16-12/h1-4,6,8,14-15H,5,7,9-10H2.